The van der Waals surface area contributed by atoms with Crippen molar-refractivity contribution in [3.8, 4) is 0 Å². The Morgan fingerprint density at radius 1 is 1.31 bits per heavy atom. The van der Waals surface area contributed by atoms with Crippen molar-refractivity contribution in [2.75, 3.05) is 32.7 Å². The summed E-state index contributed by atoms with van der Waals surface area (Å²) in [6, 6.07) is 3.55. The van der Waals surface area contributed by atoms with Gasteiger partial charge in [-0.05, 0) is 31.6 Å². The number of aromatic nitrogens is 1. The van der Waals surface area contributed by atoms with Crippen molar-refractivity contribution in [2.24, 2.45) is 0 Å². The maximum atomic E-state index is 11.9. The van der Waals surface area contributed by atoms with Crippen LogP contribution in [0.25, 0.3) is 0 Å². The molecule has 1 N–H and O–H groups in total. The Hall–Kier alpha value is -1.26. The van der Waals surface area contributed by atoms with Crippen LogP contribution in [-0.2, 0) is 0 Å². The minimum Gasteiger partial charge on any atom is -0.315 e. The number of nitrogens with zero attached hydrogens (tertiary/aromatic N) is 2. The molecule has 0 aliphatic carbocycles. The molecule has 0 bridgehead atoms. The zero-order valence-corrected chi connectivity index (χ0v) is 9.35. The maximum Gasteiger partial charge on any atom is 0.176 e. The van der Waals surface area contributed by atoms with E-state index < -0.39 is 0 Å². The highest BCUT2D eigenvalue weighted by Crippen LogP contribution is 2.02. The molecule has 2 rings (SSSR count). The Morgan fingerprint density at radius 2 is 2.12 bits per heavy atom. The van der Waals surface area contributed by atoms with Gasteiger partial charge in [0, 0.05) is 31.0 Å². The van der Waals surface area contributed by atoms with Crippen LogP contribution in [-0.4, -0.2) is 48.4 Å². The summed E-state index contributed by atoms with van der Waals surface area (Å²) in [7, 11) is 0. The van der Waals surface area contributed by atoms with Crippen molar-refractivity contribution >= 4 is 5.78 Å². The molecule has 2 heterocycles. The summed E-state index contributed by atoms with van der Waals surface area (Å²) in [5, 5.41) is 3.33. The largest absolute Gasteiger partial charge is 0.315 e. The summed E-state index contributed by atoms with van der Waals surface area (Å²) >= 11 is 0. The van der Waals surface area contributed by atoms with Gasteiger partial charge in [0.1, 0.15) is 0 Å². The zero-order valence-electron chi connectivity index (χ0n) is 9.35. The molecule has 0 unspecified atom stereocenters. The summed E-state index contributed by atoms with van der Waals surface area (Å²) in [6.45, 7) is 4.51. The number of Topliss-reactive ketones (excluding diaryl/α,β-unsaturated/α-hetero) is 1. The second kappa shape index (κ2) is 5.72. The number of nitrogens with one attached hydrogen (secondary N) is 1. The normalized spacial score (nSPS) is 18.0. The summed E-state index contributed by atoms with van der Waals surface area (Å²) in [5.74, 6) is 0.185. The highest BCUT2D eigenvalue weighted by molar-refractivity contribution is 5.97. The van der Waals surface area contributed by atoms with E-state index in [1.165, 1.54) is 0 Å². The Bertz CT molecular complexity index is 331. The molecule has 0 saturated carbocycles. The molecule has 1 aliphatic heterocycles. The van der Waals surface area contributed by atoms with Gasteiger partial charge in [0.2, 0.25) is 0 Å². The molecule has 4 nitrogen and oxygen atoms in total. The van der Waals surface area contributed by atoms with Gasteiger partial charge in [0.05, 0.1) is 6.54 Å². The minimum absolute atomic E-state index is 0.185. The Balaban J connectivity index is 1.91. The lowest BCUT2D eigenvalue weighted by Crippen LogP contribution is -2.33. The predicted octanol–water partition coefficient (Wildman–Crippen LogP) is 0.560. The predicted molar refractivity (Wildman–Crippen MR) is 62.5 cm³/mol. The van der Waals surface area contributed by atoms with E-state index >= 15 is 0 Å². The number of carbonyl (C=O) groups excluding carboxylic acids is 1. The van der Waals surface area contributed by atoms with Gasteiger partial charge in [-0.25, -0.2) is 0 Å². The zero-order chi connectivity index (χ0) is 11.2. The van der Waals surface area contributed by atoms with Crippen molar-refractivity contribution in [2.45, 2.75) is 6.42 Å². The lowest BCUT2D eigenvalue weighted by atomic mass is 10.1. The van der Waals surface area contributed by atoms with Crippen LogP contribution in [0.1, 0.15) is 16.8 Å². The van der Waals surface area contributed by atoms with Crippen LogP contribution in [0.2, 0.25) is 0 Å². The number of ketones is 1. The van der Waals surface area contributed by atoms with Gasteiger partial charge in [0.15, 0.2) is 5.78 Å². The molecular weight excluding hydrogens is 202 g/mol. The molecule has 0 atom stereocenters. The lowest BCUT2D eigenvalue weighted by Gasteiger charge is -2.18. The van der Waals surface area contributed by atoms with Crippen LogP contribution in [0, 0.1) is 0 Å². The van der Waals surface area contributed by atoms with Gasteiger partial charge in [-0.15, -0.1) is 0 Å². The van der Waals surface area contributed by atoms with Crippen molar-refractivity contribution in [3.63, 3.8) is 0 Å². The van der Waals surface area contributed by atoms with E-state index in [2.05, 4.69) is 15.2 Å². The second-order valence-corrected chi connectivity index (χ2v) is 4.04. The van der Waals surface area contributed by atoms with Crippen LogP contribution in [0.5, 0.6) is 0 Å². The number of pyridine rings is 1. The molecule has 0 amide bonds. The molecule has 1 aliphatic rings. The van der Waals surface area contributed by atoms with Gasteiger partial charge in [-0.3, -0.25) is 14.7 Å². The Labute approximate surface area is 95.7 Å². The van der Waals surface area contributed by atoms with Gasteiger partial charge in [-0.1, -0.05) is 0 Å². The van der Waals surface area contributed by atoms with E-state index in [1.807, 2.05) is 0 Å². The van der Waals surface area contributed by atoms with E-state index in [0.29, 0.717) is 6.54 Å². The third-order valence-electron chi connectivity index (χ3n) is 2.80. The Morgan fingerprint density at radius 3 is 2.94 bits per heavy atom. The molecule has 1 aromatic rings. The summed E-state index contributed by atoms with van der Waals surface area (Å²) in [6.07, 6.45) is 4.44. The van der Waals surface area contributed by atoms with Crippen molar-refractivity contribution in [3.05, 3.63) is 30.1 Å². The molecule has 86 valence electrons. The van der Waals surface area contributed by atoms with Gasteiger partial charge in [-0.2, -0.15) is 0 Å². The minimum atomic E-state index is 0.185. The first-order chi connectivity index (χ1) is 7.86. The van der Waals surface area contributed by atoms with Crippen LogP contribution in [0.15, 0.2) is 24.5 Å². The molecule has 4 heteroatoms. The van der Waals surface area contributed by atoms with Crippen molar-refractivity contribution in [1.29, 1.82) is 0 Å². The Kier molecular flexibility index (Phi) is 4.02. The lowest BCUT2D eigenvalue weighted by molar-refractivity contribution is 0.0935. The van der Waals surface area contributed by atoms with Crippen LogP contribution < -0.4 is 5.32 Å². The van der Waals surface area contributed by atoms with E-state index in [9.17, 15) is 4.79 Å². The van der Waals surface area contributed by atoms with E-state index in [0.717, 1.165) is 38.2 Å². The SMILES string of the molecule is O=C(CN1CCCNCC1)c1ccncc1. The van der Waals surface area contributed by atoms with Crippen molar-refractivity contribution < 1.29 is 4.79 Å². The summed E-state index contributed by atoms with van der Waals surface area (Å²) in [4.78, 5) is 18.1. The number of hydrogen-bond acceptors (Lipinski definition) is 4. The first-order valence-corrected chi connectivity index (χ1v) is 5.72. The standard InChI is InChI=1S/C12H17N3O/c16-12(11-2-5-14-6-3-11)10-15-8-1-4-13-7-9-15/h2-3,5-6,13H,1,4,7-10H2. The van der Waals surface area contributed by atoms with Gasteiger partial charge < -0.3 is 5.32 Å². The molecule has 1 aromatic heterocycles. The molecule has 0 spiro atoms. The fourth-order valence-corrected chi connectivity index (χ4v) is 1.89. The van der Waals surface area contributed by atoms with E-state index in [4.69, 9.17) is 0 Å². The maximum absolute atomic E-state index is 11.9. The highest BCUT2D eigenvalue weighted by atomic mass is 16.1. The molecular formula is C12H17N3O. The first kappa shape index (κ1) is 11.2. The number of carbonyl (C=O) groups is 1. The monoisotopic (exact) mass is 219 g/mol. The number of rotatable bonds is 3. The van der Waals surface area contributed by atoms with Gasteiger partial charge >= 0.3 is 0 Å². The molecule has 16 heavy (non-hydrogen) atoms. The second-order valence-electron chi connectivity index (χ2n) is 4.04. The summed E-state index contributed by atoms with van der Waals surface area (Å²) in [5.41, 5.74) is 0.757. The molecule has 1 fully saturated rings. The fourth-order valence-electron chi connectivity index (χ4n) is 1.89. The van der Waals surface area contributed by atoms with Gasteiger partial charge in [0.25, 0.3) is 0 Å². The fraction of sp³-hybridized carbons (Fsp3) is 0.500. The third-order valence-corrected chi connectivity index (χ3v) is 2.80. The van der Waals surface area contributed by atoms with Crippen LogP contribution >= 0.6 is 0 Å². The third kappa shape index (κ3) is 3.12. The molecule has 0 radical (unpaired) electrons. The van der Waals surface area contributed by atoms with Crippen LogP contribution in [0.4, 0.5) is 0 Å². The quantitative estimate of drug-likeness (QED) is 0.754. The molecule has 0 aromatic carbocycles. The number of hydrogen-bond donors (Lipinski definition) is 1. The van der Waals surface area contributed by atoms with E-state index in [-0.39, 0.29) is 5.78 Å². The smallest absolute Gasteiger partial charge is 0.176 e. The van der Waals surface area contributed by atoms with Crippen molar-refractivity contribution in [1.82, 2.24) is 15.2 Å². The average molecular weight is 219 g/mol. The van der Waals surface area contributed by atoms with Crippen LogP contribution in [0.3, 0.4) is 0 Å². The summed E-state index contributed by atoms with van der Waals surface area (Å²) < 4.78 is 0. The topological polar surface area (TPSA) is 45.2 Å². The molecule has 1 saturated heterocycles. The first-order valence-electron chi connectivity index (χ1n) is 5.72. The average Bonchev–Trinajstić information content (AvgIpc) is 2.59. The highest BCUT2D eigenvalue weighted by Gasteiger charge is 2.13. The van der Waals surface area contributed by atoms with E-state index in [1.54, 1.807) is 24.5 Å².